The predicted molar refractivity (Wildman–Crippen MR) is 58.6 cm³/mol. The normalized spacial score (nSPS) is 11.2. The Morgan fingerprint density at radius 1 is 1.36 bits per heavy atom. The van der Waals surface area contributed by atoms with Crippen molar-refractivity contribution in [2.75, 3.05) is 13.2 Å². The minimum atomic E-state index is -0.213. The van der Waals surface area contributed by atoms with Crippen molar-refractivity contribution in [1.29, 1.82) is 0 Å². The summed E-state index contributed by atoms with van der Waals surface area (Å²) in [6.45, 7) is 4.82. The molecule has 0 spiro atoms. The van der Waals surface area contributed by atoms with E-state index in [-0.39, 0.29) is 19.3 Å². The Kier molecular flexibility index (Phi) is 4.54. The number of thiophene rings is 1. The summed E-state index contributed by atoms with van der Waals surface area (Å²) in [5.41, 5.74) is 1.25. The zero-order valence-corrected chi connectivity index (χ0v) is 9.40. The number of aryl methyl sites for hydroxylation is 2. The molecule has 0 radical (unpaired) electrons. The Hall–Kier alpha value is -0.420. The number of nitrogens with one attached hydrogen (secondary N) is 1. The fraction of sp³-hybridized carbons (Fsp3) is 0.600. The van der Waals surface area contributed by atoms with Gasteiger partial charge in [0.15, 0.2) is 0 Å². The molecule has 0 aliphatic carbocycles. The molecular formula is C10H17NO2S. The molecule has 0 saturated carbocycles. The summed E-state index contributed by atoms with van der Waals surface area (Å²) in [7, 11) is 0. The minimum Gasteiger partial charge on any atom is -0.395 e. The zero-order chi connectivity index (χ0) is 10.6. The smallest absolute Gasteiger partial charge is 0.0607 e. The van der Waals surface area contributed by atoms with E-state index in [1.165, 1.54) is 15.3 Å². The average Bonchev–Trinajstić information content (AvgIpc) is 2.47. The molecule has 0 bridgehead atoms. The molecule has 1 rings (SSSR count). The molecule has 1 heterocycles. The van der Waals surface area contributed by atoms with E-state index >= 15 is 0 Å². The van der Waals surface area contributed by atoms with E-state index in [0.717, 1.165) is 0 Å². The van der Waals surface area contributed by atoms with Gasteiger partial charge in [-0.3, -0.25) is 0 Å². The lowest BCUT2D eigenvalue weighted by atomic mass is 10.2. The lowest BCUT2D eigenvalue weighted by molar-refractivity contribution is 0.170. The van der Waals surface area contributed by atoms with Gasteiger partial charge in [-0.1, -0.05) is 0 Å². The van der Waals surface area contributed by atoms with Crippen molar-refractivity contribution in [3.05, 3.63) is 21.4 Å². The van der Waals surface area contributed by atoms with Crippen molar-refractivity contribution >= 4 is 11.3 Å². The largest absolute Gasteiger partial charge is 0.395 e. The first-order valence-electron chi connectivity index (χ1n) is 4.68. The first-order valence-corrected chi connectivity index (χ1v) is 5.50. The second-order valence-corrected chi connectivity index (χ2v) is 4.84. The highest BCUT2D eigenvalue weighted by molar-refractivity contribution is 7.12. The summed E-state index contributed by atoms with van der Waals surface area (Å²) >= 11 is 1.77. The number of hydrogen-bond acceptors (Lipinski definition) is 4. The molecule has 14 heavy (non-hydrogen) atoms. The summed E-state index contributed by atoms with van der Waals surface area (Å²) in [4.78, 5) is 2.59. The van der Waals surface area contributed by atoms with Crippen LogP contribution in [0, 0.1) is 13.8 Å². The molecule has 80 valence electrons. The Labute approximate surface area is 88.4 Å². The maximum absolute atomic E-state index is 8.86. The summed E-state index contributed by atoms with van der Waals surface area (Å²) in [6, 6.07) is 1.92. The van der Waals surface area contributed by atoms with Crippen LogP contribution in [0.3, 0.4) is 0 Å². The van der Waals surface area contributed by atoms with Crippen LogP contribution in [0.2, 0.25) is 0 Å². The van der Waals surface area contributed by atoms with E-state index in [0.29, 0.717) is 6.54 Å². The van der Waals surface area contributed by atoms with Crippen molar-refractivity contribution in [3.63, 3.8) is 0 Å². The second-order valence-electron chi connectivity index (χ2n) is 3.38. The summed E-state index contributed by atoms with van der Waals surface area (Å²) in [5, 5.41) is 20.8. The van der Waals surface area contributed by atoms with Crippen LogP contribution in [0.1, 0.15) is 15.3 Å². The van der Waals surface area contributed by atoms with Crippen molar-refractivity contribution in [1.82, 2.24) is 5.32 Å². The highest BCUT2D eigenvalue weighted by Gasteiger charge is 2.07. The maximum atomic E-state index is 8.86. The molecule has 1 aromatic heterocycles. The molecule has 0 fully saturated rings. The number of aliphatic hydroxyl groups excluding tert-OH is 2. The van der Waals surface area contributed by atoms with Crippen LogP contribution in [0.25, 0.3) is 0 Å². The molecule has 0 unspecified atom stereocenters. The van der Waals surface area contributed by atoms with E-state index < -0.39 is 0 Å². The average molecular weight is 215 g/mol. The Balaban J connectivity index is 2.48. The van der Waals surface area contributed by atoms with E-state index in [1.54, 1.807) is 11.3 Å². The third-order valence-corrected chi connectivity index (χ3v) is 3.17. The molecule has 4 heteroatoms. The first-order chi connectivity index (χ1) is 6.67. The minimum absolute atomic E-state index is 0.0291. The highest BCUT2D eigenvalue weighted by Crippen LogP contribution is 2.20. The van der Waals surface area contributed by atoms with Crippen LogP contribution in [0.15, 0.2) is 6.07 Å². The van der Waals surface area contributed by atoms with Gasteiger partial charge in [0.1, 0.15) is 0 Å². The SMILES string of the molecule is Cc1cc(CNC(CO)CO)c(C)s1. The van der Waals surface area contributed by atoms with Crippen molar-refractivity contribution in [3.8, 4) is 0 Å². The van der Waals surface area contributed by atoms with Gasteiger partial charge in [0.25, 0.3) is 0 Å². The number of rotatable bonds is 5. The number of hydrogen-bond donors (Lipinski definition) is 3. The second kappa shape index (κ2) is 5.46. The topological polar surface area (TPSA) is 52.5 Å². The van der Waals surface area contributed by atoms with Gasteiger partial charge in [-0.2, -0.15) is 0 Å². The van der Waals surface area contributed by atoms with Crippen LogP contribution in [0.4, 0.5) is 0 Å². The van der Waals surface area contributed by atoms with Gasteiger partial charge in [0.05, 0.1) is 19.3 Å². The fourth-order valence-electron chi connectivity index (χ4n) is 1.30. The van der Waals surface area contributed by atoms with Gasteiger partial charge in [0.2, 0.25) is 0 Å². The number of aliphatic hydroxyl groups is 2. The molecule has 1 aromatic rings. The van der Waals surface area contributed by atoms with Gasteiger partial charge >= 0.3 is 0 Å². The Morgan fingerprint density at radius 2 is 2.00 bits per heavy atom. The van der Waals surface area contributed by atoms with E-state index in [4.69, 9.17) is 10.2 Å². The highest BCUT2D eigenvalue weighted by atomic mass is 32.1. The van der Waals surface area contributed by atoms with Gasteiger partial charge < -0.3 is 15.5 Å². The summed E-state index contributed by atoms with van der Waals surface area (Å²) in [6.07, 6.45) is 0. The quantitative estimate of drug-likeness (QED) is 0.681. The molecule has 0 saturated heterocycles. The van der Waals surface area contributed by atoms with Crippen molar-refractivity contribution in [2.24, 2.45) is 0 Å². The van der Waals surface area contributed by atoms with E-state index in [2.05, 4.69) is 25.2 Å². The lowest BCUT2D eigenvalue weighted by Gasteiger charge is -2.12. The van der Waals surface area contributed by atoms with Crippen molar-refractivity contribution in [2.45, 2.75) is 26.4 Å². The van der Waals surface area contributed by atoms with E-state index in [1.807, 2.05) is 0 Å². The summed E-state index contributed by atoms with van der Waals surface area (Å²) in [5.74, 6) is 0. The molecule has 0 aliphatic heterocycles. The maximum Gasteiger partial charge on any atom is 0.0607 e. The first kappa shape index (κ1) is 11.7. The fourth-order valence-corrected chi connectivity index (χ4v) is 2.25. The van der Waals surface area contributed by atoms with Gasteiger partial charge in [0, 0.05) is 16.3 Å². The Bertz CT molecular complexity index is 282. The third-order valence-electron chi connectivity index (χ3n) is 2.17. The predicted octanol–water partition coefficient (Wildman–Crippen LogP) is 0.808. The lowest BCUT2D eigenvalue weighted by Crippen LogP contribution is -2.35. The molecule has 0 aromatic carbocycles. The van der Waals surface area contributed by atoms with Crippen molar-refractivity contribution < 1.29 is 10.2 Å². The molecular weight excluding hydrogens is 198 g/mol. The monoisotopic (exact) mass is 215 g/mol. The van der Waals surface area contributed by atoms with Crippen LogP contribution in [0.5, 0.6) is 0 Å². The zero-order valence-electron chi connectivity index (χ0n) is 8.58. The van der Waals surface area contributed by atoms with Gasteiger partial charge in [-0.05, 0) is 25.5 Å². The molecule has 0 atom stereocenters. The summed E-state index contributed by atoms with van der Waals surface area (Å²) < 4.78 is 0. The van der Waals surface area contributed by atoms with Crippen LogP contribution >= 0.6 is 11.3 Å². The molecule has 0 amide bonds. The van der Waals surface area contributed by atoms with Crippen LogP contribution in [-0.2, 0) is 6.54 Å². The van der Waals surface area contributed by atoms with Crippen LogP contribution < -0.4 is 5.32 Å². The van der Waals surface area contributed by atoms with Crippen LogP contribution in [-0.4, -0.2) is 29.5 Å². The molecule has 3 N–H and O–H groups in total. The van der Waals surface area contributed by atoms with Gasteiger partial charge in [-0.25, -0.2) is 0 Å². The van der Waals surface area contributed by atoms with Gasteiger partial charge in [-0.15, -0.1) is 11.3 Å². The molecule has 3 nitrogen and oxygen atoms in total. The van der Waals surface area contributed by atoms with E-state index in [9.17, 15) is 0 Å². The molecule has 0 aliphatic rings. The Morgan fingerprint density at radius 3 is 2.43 bits per heavy atom. The standard InChI is InChI=1S/C10H17NO2S/c1-7-3-9(8(2)14-7)4-11-10(5-12)6-13/h3,10-13H,4-6H2,1-2H3. The third kappa shape index (κ3) is 3.06.